The van der Waals surface area contributed by atoms with Gasteiger partial charge in [0, 0.05) is 31.1 Å². The minimum absolute atomic E-state index is 0.00654. The Morgan fingerprint density at radius 3 is 2.72 bits per heavy atom. The van der Waals surface area contributed by atoms with E-state index in [2.05, 4.69) is 42.5 Å². The van der Waals surface area contributed by atoms with Gasteiger partial charge in [-0.05, 0) is 44.7 Å². The van der Waals surface area contributed by atoms with E-state index in [1.54, 1.807) is 38.4 Å². The molecule has 0 saturated carbocycles. The maximum Gasteiger partial charge on any atom is 0.276 e. The molecule has 36 heavy (non-hydrogen) atoms. The second kappa shape index (κ2) is 11.8. The molecule has 10 heteroatoms. The molecule has 190 valence electrons. The molecule has 3 N–H and O–H groups in total. The first kappa shape index (κ1) is 26.8. The van der Waals surface area contributed by atoms with Crippen molar-refractivity contribution in [3.05, 3.63) is 54.0 Å². The second-order valence-corrected chi connectivity index (χ2v) is 9.78. The average molecular weight is 492 g/mol. The number of carbonyl (C=O) groups is 2. The maximum absolute atomic E-state index is 13.4. The molecule has 0 saturated heterocycles. The van der Waals surface area contributed by atoms with Crippen LogP contribution in [0.15, 0.2) is 46.8 Å². The van der Waals surface area contributed by atoms with Crippen molar-refractivity contribution < 1.29 is 14.7 Å². The first-order valence-electron chi connectivity index (χ1n) is 11.9. The number of rotatable bonds is 7. The van der Waals surface area contributed by atoms with Crippen LogP contribution in [0.4, 0.5) is 11.4 Å². The van der Waals surface area contributed by atoms with Gasteiger partial charge in [-0.2, -0.15) is 0 Å². The van der Waals surface area contributed by atoms with Crippen LogP contribution in [0.25, 0.3) is 0 Å². The van der Waals surface area contributed by atoms with Crippen LogP contribution in [-0.4, -0.2) is 55.9 Å². The molecule has 0 spiro atoms. The van der Waals surface area contributed by atoms with Gasteiger partial charge in [-0.1, -0.05) is 26.8 Å². The quantitative estimate of drug-likeness (QED) is 0.537. The smallest absolute Gasteiger partial charge is 0.276 e. The first-order chi connectivity index (χ1) is 17.0. The number of aliphatic imine (C=N–C) groups is 2. The maximum atomic E-state index is 13.4. The predicted octanol–water partition coefficient (Wildman–Crippen LogP) is 3.83. The van der Waals surface area contributed by atoms with Crippen molar-refractivity contribution in [2.45, 2.75) is 59.0 Å². The van der Waals surface area contributed by atoms with E-state index >= 15 is 0 Å². The molecule has 1 unspecified atom stereocenters. The Labute approximate surface area is 211 Å². The summed E-state index contributed by atoms with van der Waals surface area (Å²) in [5.41, 5.74) is 0.261. The van der Waals surface area contributed by atoms with E-state index in [9.17, 15) is 14.7 Å². The Balaban J connectivity index is 1.95. The highest BCUT2D eigenvalue weighted by Crippen LogP contribution is 2.23. The van der Waals surface area contributed by atoms with E-state index in [0.29, 0.717) is 23.9 Å². The second-order valence-electron chi connectivity index (χ2n) is 9.78. The summed E-state index contributed by atoms with van der Waals surface area (Å²) >= 11 is 0. The van der Waals surface area contributed by atoms with Crippen LogP contribution >= 0.6 is 0 Å². The SMILES string of the molecule is CC1C/C=C/N=CC(=Nc2cnc(C(C)C)nc2C(=O)Nc2cccnc2C(=O)NCC(C)(C)O)C1. The van der Waals surface area contributed by atoms with E-state index in [-0.39, 0.29) is 29.5 Å². The van der Waals surface area contributed by atoms with Gasteiger partial charge in [0.2, 0.25) is 0 Å². The third-order valence-electron chi connectivity index (χ3n) is 5.25. The lowest BCUT2D eigenvalue weighted by atomic mass is 10.00. The fourth-order valence-electron chi connectivity index (χ4n) is 3.37. The van der Waals surface area contributed by atoms with Crippen LogP contribution in [0.1, 0.15) is 80.2 Å². The standard InChI is InChI=1S/C26H33N7O3/c1-16(2)23-29-14-20(31-18-12-17(3)8-6-10-27-13-18)22(33-23)25(35)32-19-9-7-11-28-21(19)24(34)30-15-26(4,5)36/h6-7,9-11,13-14,16-17,36H,8,12,15H2,1-5H3,(H,30,34)(H,32,35)/b10-6+,27-13?,31-18?. The van der Waals surface area contributed by atoms with Gasteiger partial charge in [-0.15, -0.1) is 0 Å². The van der Waals surface area contributed by atoms with Crippen molar-refractivity contribution >= 4 is 35.1 Å². The summed E-state index contributed by atoms with van der Waals surface area (Å²) in [6.07, 6.45) is 10.00. The molecule has 2 aromatic heterocycles. The first-order valence-corrected chi connectivity index (χ1v) is 11.9. The zero-order valence-corrected chi connectivity index (χ0v) is 21.3. The van der Waals surface area contributed by atoms with Gasteiger partial charge < -0.3 is 15.7 Å². The van der Waals surface area contributed by atoms with Gasteiger partial charge in [0.05, 0.1) is 23.2 Å². The summed E-state index contributed by atoms with van der Waals surface area (Å²) in [4.78, 5) is 48.0. The molecule has 0 bridgehead atoms. The summed E-state index contributed by atoms with van der Waals surface area (Å²) in [7, 11) is 0. The van der Waals surface area contributed by atoms with E-state index in [1.807, 2.05) is 19.9 Å². The lowest BCUT2D eigenvalue weighted by Crippen LogP contribution is -2.38. The molecular formula is C26H33N7O3. The molecule has 10 nitrogen and oxygen atoms in total. The van der Waals surface area contributed by atoms with Crippen LogP contribution in [-0.2, 0) is 0 Å². The monoisotopic (exact) mass is 491 g/mol. The van der Waals surface area contributed by atoms with Crippen LogP contribution in [0.5, 0.6) is 0 Å². The Morgan fingerprint density at radius 2 is 2.00 bits per heavy atom. The van der Waals surface area contributed by atoms with Crippen LogP contribution < -0.4 is 10.6 Å². The molecule has 2 amide bonds. The fourth-order valence-corrected chi connectivity index (χ4v) is 3.37. The summed E-state index contributed by atoms with van der Waals surface area (Å²) in [6.45, 7) is 9.18. The van der Waals surface area contributed by atoms with Crippen LogP contribution in [0, 0.1) is 5.92 Å². The Morgan fingerprint density at radius 1 is 1.22 bits per heavy atom. The highest BCUT2D eigenvalue weighted by Gasteiger charge is 2.22. The third kappa shape index (κ3) is 7.61. The van der Waals surface area contributed by atoms with E-state index in [4.69, 9.17) is 0 Å². The Hall–Kier alpha value is -3.79. The Kier molecular flexibility index (Phi) is 8.76. The number of hydrogen-bond acceptors (Lipinski definition) is 8. The highest BCUT2D eigenvalue weighted by molar-refractivity contribution is 6.31. The van der Waals surface area contributed by atoms with E-state index in [0.717, 1.165) is 12.1 Å². The molecule has 0 aromatic carbocycles. The van der Waals surface area contributed by atoms with Gasteiger partial charge in [0.1, 0.15) is 11.5 Å². The Bertz CT molecular complexity index is 1200. The van der Waals surface area contributed by atoms with Gasteiger partial charge in [-0.3, -0.25) is 14.6 Å². The minimum Gasteiger partial charge on any atom is -0.389 e. The largest absolute Gasteiger partial charge is 0.389 e. The number of aliphatic hydroxyl groups is 1. The summed E-state index contributed by atoms with van der Waals surface area (Å²) in [6, 6.07) is 3.19. The number of carbonyl (C=O) groups excluding carboxylic acids is 2. The number of amides is 2. The zero-order chi connectivity index (χ0) is 26.3. The molecule has 3 rings (SSSR count). The van der Waals surface area contributed by atoms with Crippen molar-refractivity contribution in [1.82, 2.24) is 20.3 Å². The number of hydrogen-bond donors (Lipinski definition) is 3. The molecule has 2 aromatic rings. The summed E-state index contributed by atoms with van der Waals surface area (Å²) < 4.78 is 0. The van der Waals surface area contributed by atoms with E-state index in [1.165, 1.54) is 12.4 Å². The van der Waals surface area contributed by atoms with Gasteiger partial charge in [-0.25, -0.2) is 19.9 Å². The zero-order valence-electron chi connectivity index (χ0n) is 21.3. The molecule has 1 aliphatic rings. The van der Waals surface area contributed by atoms with Crippen LogP contribution in [0.2, 0.25) is 0 Å². The number of allylic oxidation sites excluding steroid dienone is 1. The normalized spacial score (nSPS) is 18.0. The highest BCUT2D eigenvalue weighted by atomic mass is 16.3. The fraction of sp³-hybridized carbons (Fsp3) is 0.423. The third-order valence-corrected chi connectivity index (χ3v) is 5.25. The van der Waals surface area contributed by atoms with Crippen molar-refractivity contribution in [3.63, 3.8) is 0 Å². The number of nitrogens with one attached hydrogen (secondary N) is 2. The van der Waals surface area contributed by atoms with E-state index < -0.39 is 17.4 Å². The van der Waals surface area contributed by atoms with Crippen molar-refractivity contribution in [2.75, 3.05) is 11.9 Å². The molecule has 3 heterocycles. The van der Waals surface area contributed by atoms with Crippen molar-refractivity contribution in [2.24, 2.45) is 15.9 Å². The van der Waals surface area contributed by atoms with Crippen molar-refractivity contribution in [1.29, 1.82) is 0 Å². The lowest BCUT2D eigenvalue weighted by molar-refractivity contribution is 0.0692. The van der Waals surface area contributed by atoms with Gasteiger partial charge >= 0.3 is 0 Å². The van der Waals surface area contributed by atoms with Gasteiger partial charge in [0.15, 0.2) is 11.4 Å². The molecule has 0 radical (unpaired) electrons. The molecular weight excluding hydrogens is 458 g/mol. The average Bonchev–Trinajstić information content (AvgIpc) is 2.80. The van der Waals surface area contributed by atoms with Crippen LogP contribution in [0.3, 0.4) is 0 Å². The number of nitrogens with zero attached hydrogens (tertiary/aromatic N) is 5. The summed E-state index contributed by atoms with van der Waals surface area (Å²) in [5.74, 6) is -0.208. The lowest BCUT2D eigenvalue weighted by Gasteiger charge is -2.18. The molecule has 1 aliphatic heterocycles. The molecule has 0 aliphatic carbocycles. The number of aromatic nitrogens is 3. The molecule has 1 atom stereocenters. The number of anilines is 1. The molecule has 0 fully saturated rings. The van der Waals surface area contributed by atoms with Gasteiger partial charge in [0.25, 0.3) is 11.8 Å². The number of pyridine rings is 1. The predicted molar refractivity (Wildman–Crippen MR) is 140 cm³/mol. The summed E-state index contributed by atoms with van der Waals surface area (Å²) in [5, 5.41) is 15.3. The minimum atomic E-state index is -1.09. The van der Waals surface area contributed by atoms with Crippen molar-refractivity contribution in [3.8, 4) is 0 Å². The topological polar surface area (TPSA) is 142 Å².